The van der Waals surface area contributed by atoms with Gasteiger partial charge in [0.2, 0.25) is 0 Å². The van der Waals surface area contributed by atoms with Crippen LogP contribution in [0.4, 0.5) is 17.1 Å². The number of para-hydroxylation sites is 3. The Labute approximate surface area is 351 Å². The van der Waals surface area contributed by atoms with Crippen molar-refractivity contribution < 1.29 is 0 Å². The third kappa shape index (κ3) is 4.82. The number of aromatic nitrogens is 1. The normalized spacial score (nSPS) is 14.3. The summed E-state index contributed by atoms with van der Waals surface area (Å²) in [5.41, 5.74) is 19.9. The van der Waals surface area contributed by atoms with Crippen LogP contribution in [0.25, 0.3) is 71.6 Å². The molecule has 0 amide bonds. The molecule has 1 aromatic heterocycles. The van der Waals surface area contributed by atoms with E-state index >= 15 is 0 Å². The summed E-state index contributed by atoms with van der Waals surface area (Å²) in [7, 11) is 0. The summed E-state index contributed by atoms with van der Waals surface area (Å²) in [6.07, 6.45) is 0. The average molecular weight is 769 g/mol. The predicted molar refractivity (Wildman–Crippen MR) is 254 cm³/mol. The topological polar surface area (TPSA) is 8.17 Å². The number of nitrogens with zero attached hydrogens (tertiary/aromatic N) is 2. The largest absolute Gasteiger partial charge is 0.309 e. The van der Waals surface area contributed by atoms with E-state index in [-0.39, 0.29) is 10.8 Å². The average Bonchev–Trinajstić information content (AvgIpc) is 3.83. The first kappa shape index (κ1) is 34.8. The van der Waals surface area contributed by atoms with Gasteiger partial charge in [0, 0.05) is 44.1 Å². The highest BCUT2D eigenvalue weighted by Gasteiger charge is 2.39. The SMILES string of the molecule is CC1(C)c2ccccc2-c2cc(N(c3ccccc3-c3cc(-n4c5ccccc5c5ccccc54)cc4ccccc34)c3cccc4c3-c3ccccc3C4(C)C)ccc21. The molecule has 2 heteroatoms. The van der Waals surface area contributed by atoms with Gasteiger partial charge in [0.1, 0.15) is 0 Å². The van der Waals surface area contributed by atoms with Crippen LogP contribution in [-0.2, 0) is 10.8 Å². The molecule has 1 heterocycles. The van der Waals surface area contributed by atoms with Crippen molar-refractivity contribution in [1.29, 1.82) is 0 Å². The van der Waals surface area contributed by atoms with E-state index in [1.165, 1.54) is 93.9 Å². The van der Waals surface area contributed by atoms with Crippen LogP contribution in [0.1, 0.15) is 49.9 Å². The van der Waals surface area contributed by atoms with E-state index in [1.807, 2.05) is 0 Å². The zero-order valence-electron chi connectivity index (χ0n) is 34.4. The van der Waals surface area contributed by atoms with Crippen LogP contribution in [0.15, 0.2) is 194 Å². The molecule has 286 valence electrons. The Hall–Kier alpha value is -7.16. The Bertz CT molecular complexity index is 3340. The summed E-state index contributed by atoms with van der Waals surface area (Å²) in [5.74, 6) is 0. The van der Waals surface area contributed by atoms with Crippen LogP contribution in [0, 0.1) is 0 Å². The molecule has 10 aromatic rings. The summed E-state index contributed by atoms with van der Waals surface area (Å²) in [5, 5.41) is 4.96. The fraction of sp³-hybridized carbons (Fsp3) is 0.103. The van der Waals surface area contributed by atoms with Gasteiger partial charge in [0.25, 0.3) is 0 Å². The van der Waals surface area contributed by atoms with E-state index < -0.39 is 0 Å². The molecule has 0 fully saturated rings. The lowest BCUT2D eigenvalue weighted by molar-refractivity contribution is 0.660. The standard InChI is InChI=1S/C58H44N2/c1-57(2)48-25-12-7-20-41(48)47-35-38(32-33-50(47)57)59(55-31-17-27-51-56(55)45-24-8-13-26-49(45)58(51,3)4)54-30-16-11-23-44(54)46-36-39(34-37-18-5-6-19-40(37)46)60-52-28-14-9-21-42(52)43-22-10-15-29-53(43)60/h5-36H,1-4H3. The quantitative estimate of drug-likeness (QED) is 0.169. The maximum Gasteiger partial charge on any atom is 0.0543 e. The molecule has 0 saturated heterocycles. The molecule has 0 aliphatic heterocycles. The second kappa shape index (κ2) is 12.7. The molecular weight excluding hydrogens is 725 g/mol. The minimum Gasteiger partial charge on any atom is -0.309 e. The minimum absolute atomic E-state index is 0.0870. The van der Waals surface area contributed by atoms with Gasteiger partial charge in [0.05, 0.1) is 22.4 Å². The Morgan fingerprint density at radius 1 is 0.367 bits per heavy atom. The highest BCUT2D eigenvalue weighted by molar-refractivity contribution is 6.10. The predicted octanol–water partition coefficient (Wildman–Crippen LogP) is 15.7. The smallest absolute Gasteiger partial charge is 0.0543 e. The maximum absolute atomic E-state index is 2.56. The summed E-state index contributed by atoms with van der Waals surface area (Å²) < 4.78 is 2.45. The summed E-state index contributed by atoms with van der Waals surface area (Å²) >= 11 is 0. The molecule has 0 bridgehead atoms. The third-order valence-corrected chi connectivity index (χ3v) is 13.8. The molecule has 0 unspecified atom stereocenters. The molecule has 0 N–H and O–H groups in total. The molecule has 9 aromatic carbocycles. The fourth-order valence-corrected chi connectivity index (χ4v) is 10.9. The first-order valence-electron chi connectivity index (χ1n) is 21.2. The van der Waals surface area contributed by atoms with Crippen LogP contribution in [0.2, 0.25) is 0 Å². The lowest BCUT2D eigenvalue weighted by Crippen LogP contribution is -2.17. The van der Waals surface area contributed by atoms with Crippen LogP contribution in [-0.4, -0.2) is 4.57 Å². The highest BCUT2D eigenvalue weighted by Crippen LogP contribution is 2.56. The van der Waals surface area contributed by atoms with Crippen molar-refractivity contribution >= 4 is 49.6 Å². The lowest BCUT2D eigenvalue weighted by Gasteiger charge is -2.31. The monoisotopic (exact) mass is 768 g/mol. The highest BCUT2D eigenvalue weighted by atomic mass is 15.1. The summed E-state index contributed by atoms with van der Waals surface area (Å²) in [6.45, 7) is 9.48. The van der Waals surface area contributed by atoms with Crippen molar-refractivity contribution in [3.63, 3.8) is 0 Å². The van der Waals surface area contributed by atoms with E-state index in [0.717, 1.165) is 17.1 Å². The number of hydrogen-bond acceptors (Lipinski definition) is 1. The molecule has 0 saturated carbocycles. The molecule has 0 atom stereocenters. The number of benzene rings is 9. The van der Waals surface area contributed by atoms with Crippen LogP contribution in [0.3, 0.4) is 0 Å². The summed E-state index contributed by atoms with van der Waals surface area (Å²) in [6, 6.07) is 72.5. The lowest BCUT2D eigenvalue weighted by atomic mass is 9.82. The van der Waals surface area contributed by atoms with Gasteiger partial charge in [-0.2, -0.15) is 0 Å². The van der Waals surface area contributed by atoms with E-state index in [9.17, 15) is 0 Å². The Kier molecular flexibility index (Phi) is 7.36. The molecule has 0 spiro atoms. The van der Waals surface area contributed by atoms with Crippen molar-refractivity contribution in [1.82, 2.24) is 4.57 Å². The van der Waals surface area contributed by atoms with E-state index in [2.05, 4.69) is 231 Å². The van der Waals surface area contributed by atoms with E-state index in [1.54, 1.807) is 0 Å². The first-order valence-corrected chi connectivity index (χ1v) is 21.2. The van der Waals surface area contributed by atoms with Gasteiger partial charge in [-0.1, -0.05) is 173 Å². The van der Waals surface area contributed by atoms with E-state index in [0.29, 0.717) is 0 Å². The maximum atomic E-state index is 2.56. The molecule has 0 radical (unpaired) electrons. The van der Waals surface area contributed by atoms with Gasteiger partial charge in [0.15, 0.2) is 0 Å². The van der Waals surface area contributed by atoms with Crippen LogP contribution < -0.4 is 4.90 Å². The van der Waals surface area contributed by atoms with Crippen molar-refractivity contribution in [2.45, 2.75) is 38.5 Å². The fourth-order valence-electron chi connectivity index (χ4n) is 10.9. The van der Waals surface area contributed by atoms with Gasteiger partial charge in [-0.25, -0.2) is 0 Å². The molecule has 12 rings (SSSR count). The van der Waals surface area contributed by atoms with Crippen molar-refractivity contribution in [3.05, 3.63) is 216 Å². The number of hydrogen-bond donors (Lipinski definition) is 0. The molecule has 2 aliphatic rings. The second-order valence-corrected chi connectivity index (χ2v) is 17.7. The molecule has 2 aliphatic carbocycles. The van der Waals surface area contributed by atoms with Crippen LogP contribution >= 0.6 is 0 Å². The van der Waals surface area contributed by atoms with Gasteiger partial charge >= 0.3 is 0 Å². The third-order valence-electron chi connectivity index (χ3n) is 13.8. The first-order chi connectivity index (χ1) is 29.3. The minimum atomic E-state index is -0.138. The number of rotatable bonds is 5. The van der Waals surface area contributed by atoms with E-state index in [4.69, 9.17) is 0 Å². The molecular formula is C58H44N2. The Morgan fingerprint density at radius 3 is 1.65 bits per heavy atom. The van der Waals surface area contributed by atoms with Crippen LogP contribution in [0.5, 0.6) is 0 Å². The summed E-state index contributed by atoms with van der Waals surface area (Å²) in [4.78, 5) is 2.56. The number of fused-ring (bicyclic) bond motifs is 10. The van der Waals surface area contributed by atoms with Gasteiger partial charge in [-0.3, -0.25) is 0 Å². The molecule has 2 nitrogen and oxygen atoms in total. The zero-order chi connectivity index (χ0) is 40.3. The van der Waals surface area contributed by atoms with Crippen molar-refractivity contribution in [3.8, 4) is 39.1 Å². The second-order valence-electron chi connectivity index (χ2n) is 17.7. The van der Waals surface area contributed by atoms with Crippen molar-refractivity contribution in [2.24, 2.45) is 0 Å². The molecule has 60 heavy (non-hydrogen) atoms. The van der Waals surface area contributed by atoms with Gasteiger partial charge in [-0.15, -0.1) is 0 Å². The van der Waals surface area contributed by atoms with Gasteiger partial charge in [-0.05, 0) is 104 Å². The van der Waals surface area contributed by atoms with Gasteiger partial charge < -0.3 is 9.47 Å². The number of anilines is 3. The zero-order valence-corrected chi connectivity index (χ0v) is 34.4. The van der Waals surface area contributed by atoms with Crippen molar-refractivity contribution in [2.75, 3.05) is 4.90 Å². The Balaban J connectivity index is 1.16. The Morgan fingerprint density at radius 2 is 0.900 bits per heavy atom.